The lowest BCUT2D eigenvalue weighted by Gasteiger charge is -2.53. The van der Waals surface area contributed by atoms with Gasteiger partial charge in [0.25, 0.3) is 0 Å². The largest absolute Gasteiger partial charge is 0.444 e. The van der Waals surface area contributed by atoms with Crippen molar-refractivity contribution in [3.63, 3.8) is 0 Å². The van der Waals surface area contributed by atoms with Gasteiger partial charge in [-0.05, 0) is 68.6 Å². The molecule has 1 aromatic rings. The maximum Gasteiger partial charge on any atom is 0.208 e. The molecule has 6 rings (SSSR count). The third-order valence-electron chi connectivity index (χ3n) is 6.25. The fourth-order valence-corrected chi connectivity index (χ4v) is 5.47. The number of nitrogens with one attached hydrogen (secondary N) is 1. The van der Waals surface area contributed by atoms with Gasteiger partial charge in [0.1, 0.15) is 5.76 Å². The van der Waals surface area contributed by atoms with E-state index in [9.17, 15) is 0 Å². The monoisotopic (exact) mass is 272 g/mol. The summed E-state index contributed by atoms with van der Waals surface area (Å²) in [6, 6.07) is 0.728. The Balaban J connectivity index is 1.34. The molecule has 0 radical (unpaired) electrons. The summed E-state index contributed by atoms with van der Waals surface area (Å²) in [5, 5.41) is 3.50. The SMILES string of the molecule is c1nc(CNC2CC2)oc1C1C2CC3CC(C2)CC1C3. The normalized spacial score (nSPS) is 42.3. The number of hydrogen-bond donors (Lipinski definition) is 1. The van der Waals surface area contributed by atoms with Gasteiger partial charge in [0, 0.05) is 12.0 Å². The van der Waals surface area contributed by atoms with Crippen molar-refractivity contribution in [2.75, 3.05) is 0 Å². The van der Waals surface area contributed by atoms with Crippen molar-refractivity contribution in [1.82, 2.24) is 10.3 Å². The van der Waals surface area contributed by atoms with Crippen LogP contribution in [0.1, 0.15) is 62.5 Å². The number of aromatic nitrogens is 1. The van der Waals surface area contributed by atoms with Crippen molar-refractivity contribution in [2.24, 2.45) is 23.7 Å². The van der Waals surface area contributed by atoms with Crippen LogP contribution in [0.3, 0.4) is 0 Å². The lowest BCUT2D eigenvalue weighted by atomic mass is 9.51. The molecule has 3 heteroatoms. The van der Waals surface area contributed by atoms with E-state index < -0.39 is 0 Å². The lowest BCUT2D eigenvalue weighted by Crippen LogP contribution is -2.43. The van der Waals surface area contributed by atoms with Crippen LogP contribution in [0.5, 0.6) is 0 Å². The van der Waals surface area contributed by atoms with Crippen LogP contribution in [-0.4, -0.2) is 11.0 Å². The molecule has 0 atom stereocenters. The smallest absolute Gasteiger partial charge is 0.208 e. The fraction of sp³-hybridized carbons (Fsp3) is 0.824. The molecule has 5 aliphatic carbocycles. The molecule has 5 fully saturated rings. The second-order valence-corrected chi connectivity index (χ2v) is 7.77. The van der Waals surface area contributed by atoms with Gasteiger partial charge in [-0.15, -0.1) is 0 Å². The summed E-state index contributed by atoms with van der Waals surface area (Å²) >= 11 is 0. The molecule has 1 heterocycles. The first-order valence-electron chi connectivity index (χ1n) is 8.53. The van der Waals surface area contributed by atoms with Crippen LogP contribution >= 0.6 is 0 Å². The highest BCUT2D eigenvalue weighted by atomic mass is 16.4. The standard InChI is InChI=1S/C17H24N2O/c1-2-14(1)18-9-16-19-8-15(20-16)17-12-4-10-3-11(6-12)7-13(17)5-10/h8,10-14,17-18H,1-7,9H2. The number of oxazole rings is 1. The van der Waals surface area contributed by atoms with Crippen LogP contribution in [0.25, 0.3) is 0 Å². The topological polar surface area (TPSA) is 38.1 Å². The van der Waals surface area contributed by atoms with E-state index in [1.807, 2.05) is 6.20 Å². The quantitative estimate of drug-likeness (QED) is 0.912. The van der Waals surface area contributed by atoms with Crippen molar-refractivity contribution in [1.29, 1.82) is 0 Å². The highest BCUT2D eigenvalue weighted by Crippen LogP contribution is 2.59. The second kappa shape index (κ2) is 4.33. The molecule has 1 aromatic heterocycles. The van der Waals surface area contributed by atoms with Crippen molar-refractivity contribution >= 4 is 0 Å². The molecule has 4 bridgehead atoms. The predicted molar refractivity (Wildman–Crippen MR) is 76.2 cm³/mol. The first kappa shape index (κ1) is 11.8. The minimum atomic E-state index is 0.685. The molecular formula is C17H24N2O. The third kappa shape index (κ3) is 1.93. The summed E-state index contributed by atoms with van der Waals surface area (Å²) in [6.07, 6.45) is 12.0. The van der Waals surface area contributed by atoms with E-state index in [1.54, 1.807) is 0 Å². The zero-order valence-electron chi connectivity index (χ0n) is 12.1. The summed E-state index contributed by atoms with van der Waals surface area (Å²) in [5.41, 5.74) is 0. The molecule has 0 amide bonds. The van der Waals surface area contributed by atoms with Crippen LogP contribution < -0.4 is 5.32 Å². The minimum Gasteiger partial charge on any atom is -0.444 e. The highest BCUT2D eigenvalue weighted by Gasteiger charge is 2.49. The molecule has 20 heavy (non-hydrogen) atoms. The van der Waals surface area contributed by atoms with Gasteiger partial charge < -0.3 is 9.73 Å². The van der Waals surface area contributed by atoms with Gasteiger partial charge >= 0.3 is 0 Å². The Morgan fingerprint density at radius 2 is 1.75 bits per heavy atom. The van der Waals surface area contributed by atoms with Gasteiger partial charge in [-0.3, -0.25) is 0 Å². The van der Waals surface area contributed by atoms with E-state index in [-0.39, 0.29) is 0 Å². The number of hydrogen-bond acceptors (Lipinski definition) is 3. The first-order valence-corrected chi connectivity index (χ1v) is 8.53. The molecule has 1 N–H and O–H groups in total. The molecular weight excluding hydrogens is 248 g/mol. The van der Waals surface area contributed by atoms with Crippen LogP contribution in [-0.2, 0) is 6.54 Å². The van der Waals surface area contributed by atoms with Gasteiger partial charge in [0.15, 0.2) is 0 Å². The molecule has 0 spiro atoms. The van der Waals surface area contributed by atoms with Gasteiger partial charge in [-0.1, -0.05) is 0 Å². The lowest BCUT2D eigenvalue weighted by molar-refractivity contribution is -0.00994. The maximum atomic E-state index is 6.11. The number of nitrogens with zero attached hydrogens (tertiary/aromatic N) is 1. The van der Waals surface area contributed by atoms with E-state index in [1.165, 1.54) is 50.7 Å². The Hall–Kier alpha value is -0.830. The van der Waals surface area contributed by atoms with Crippen molar-refractivity contribution in [2.45, 2.75) is 63.5 Å². The highest BCUT2D eigenvalue weighted by molar-refractivity contribution is 5.13. The van der Waals surface area contributed by atoms with E-state index in [4.69, 9.17) is 4.42 Å². The third-order valence-corrected chi connectivity index (χ3v) is 6.25. The van der Waals surface area contributed by atoms with Crippen LogP contribution in [0.2, 0.25) is 0 Å². The number of rotatable bonds is 4. The molecule has 5 saturated carbocycles. The molecule has 0 saturated heterocycles. The molecule has 5 aliphatic rings. The predicted octanol–water partition coefficient (Wildman–Crippen LogP) is 3.47. The van der Waals surface area contributed by atoms with Crippen LogP contribution in [0.4, 0.5) is 0 Å². The Labute approximate surface area is 120 Å². The first-order chi connectivity index (χ1) is 9.85. The Morgan fingerprint density at radius 1 is 1.05 bits per heavy atom. The summed E-state index contributed by atoms with van der Waals surface area (Å²) in [4.78, 5) is 4.52. The molecule has 0 aliphatic heterocycles. The Morgan fingerprint density at radius 3 is 2.40 bits per heavy atom. The Bertz CT molecular complexity index is 477. The molecule has 108 valence electrons. The fourth-order valence-electron chi connectivity index (χ4n) is 5.47. The summed E-state index contributed by atoms with van der Waals surface area (Å²) in [5.74, 6) is 6.64. The molecule has 0 aromatic carbocycles. The van der Waals surface area contributed by atoms with Gasteiger partial charge in [-0.2, -0.15) is 0 Å². The molecule has 3 nitrogen and oxygen atoms in total. The average molecular weight is 272 g/mol. The van der Waals surface area contributed by atoms with Crippen molar-refractivity contribution < 1.29 is 4.42 Å². The van der Waals surface area contributed by atoms with Gasteiger partial charge in [-0.25, -0.2) is 4.98 Å². The summed E-state index contributed by atoms with van der Waals surface area (Å²) in [7, 11) is 0. The second-order valence-electron chi connectivity index (χ2n) is 7.77. The average Bonchev–Trinajstić information content (AvgIpc) is 3.14. The van der Waals surface area contributed by atoms with E-state index in [0.29, 0.717) is 5.92 Å². The molecule has 0 unspecified atom stereocenters. The van der Waals surface area contributed by atoms with E-state index in [0.717, 1.165) is 42.1 Å². The van der Waals surface area contributed by atoms with Crippen molar-refractivity contribution in [3.05, 3.63) is 17.8 Å². The van der Waals surface area contributed by atoms with Gasteiger partial charge in [0.05, 0.1) is 12.7 Å². The Kier molecular flexibility index (Phi) is 2.55. The van der Waals surface area contributed by atoms with Crippen LogP contribution in [0.15, 0.2) is 10.6 Å². The summed E-state index contributed by atoms with van der Waals surface area (Å²) < 4.78 is 6.11. The van der Waals surface area contributed by atoms with Gasteiger partial charge in [0.2, 0.25) is 5.89 Å². The summed E-state index contributed by atoms with van der Waals surface area (Å²) in [6.45, 7) is 0.817. The van der Waals surface area contributed by atoms with E-state index >= 15 is 0 Å². The minimum absolute atomic E-state index is 0.685. The van der Waals surface area contributed by atoms with E-state index in [2.05, 4.69) is 10.3 Å². The van der Waals surface area contributed by atoms with Crippen molar-refractivity contribution in [3.8, 4) is 0 Å². The van der Waals surface area contributed by atoms with Crippen LogP contribution in [0, 0.1) is 23.7 Å². The zero-order chi connectivity index (χ0) is 13.1. The zero-order valence-corrected chi connectivity index (χ0v) is 12.1. The maximum absolute atomic E-state index is 6.11.